The average Bonchev–Trinajstić information content (AvgIpc) is 2.58. The predicted molar refractivity (Wildman–Crippen MR) is 106 cm³/mol. The van der Waals surface area contributed by atoms with Crippen molar-refractivity contribution in [2.75, 3.05) is 13.2 Å². The molecule has 0 N–H and O–H groups in total. The van der Waals surface area contributed by atoms with Crippen LogP contribution in [0.5, 0.6) is 0 Å². The lowest BCUT2D eigenvalue weighted by Crippen LogP contribution is -2.17. The molecule has 0 aromatic heterocycles. The largest absolute Gasteiger partial charge is 0.353 e. The van der Waals surface area contributed by atoms with E-state index in [1.54, 1.807) is 0 Å². The zero-order chi connectivity index (χ0) is 17.7. The molecule has 0 spiro atoms. The molecule has 0 fully saturated rings. The molecule has 0 amide bonds. The van der Waals surface area contributed by atoms with Gasteiger partial charge in [0, 0.05) is 13.2 Å². The van der Waals surface area contributed by atoms with Crippen molar-refractivity contribution in [1.82, 2.24) is 0 Å². The van der Waals surface area contributed by atoms with Gasteiger partial charge in [-0.3, -0.25) is 0 Å². The van der Waals surface area contributed by atoms with Crippen molar-refractivity contribution in [3.05, 3.63) is 24.3 Å². The lowest BCUT2D eigenvalue weighted by Gasteiger charge is -2.16. The van der Waals surface area contributed by atoms with Crippen LogP contribution in [0, 0.1) is 0 Å². The summed E-state index contributed by atoms with van der Waals surface area (Å²) in [5.41, 5.74) is 0. The molecule has 0 rings (SSSR count). The average molecular weight is 339 g/mol. The Kier molecular flexibility index (Phi) is 19.9. The molecule has 0 atom stereocenters. The maximum Gasteiger partial charge on any atom is 0.157 e. The minimum Gasteiger partial charge on any atom is -0.353 e. The van der Waals surface area contributed by atoms with E-state index in [9.17, 15) is 0 Å². The van der Waals surface area contributed by atoms with Gasteiger partial charge in [-0.25, -0.2) is 0 Å². The van der Waals surface area contributed by atoms with Crippen molar-refractivity contribution < 1.29 is 9.47 Å². The van der Waals surface area contributed by atoms with Crippen molar-refractivity contribution in [3.8, 4) is 0 Å². The first-order chi connectivity index (χ1) is 11.8. The van der Waals surface area contributed by atoms with Gasteiger partial charge in [0.1, 0.15) is 0 Å². The molecule has 0 unspecified atom stereocenters. The van der Waals surface area contributed by atoms with Gasteiger partial charge < -0.3 is 9.47 Å². The number of hydrogen-bond acceptors (Lipinski definition) is 2. The SMILES string of the molecule is CCCCCC=CCC=CCCCCCCCC(OCC)OCC. The number of unbranched alkanes of at least 4 members (excludes halogenated alkanes) is 8. The molecule has 0 heterocycles. The van der Waals surface area contributed by atoms with E-state index in [1.165, 1.54) is 64.2 Å². The molecule has 2 nitrogen and oxygen atoms in total. The lowest BCUT2D eigenvalue weighted by atomic mass is 10.1. The summed E-state index contributed by atoms with van der Waals surface area (Å²) in [6.07, 6.45) is 24.4. The molecule has 0 saturated heterocycles. The first kappa shape index (κ1) is 23.4. The highest BCUT2D eigenvalue weighted by Gasteiger charge is 2.06. The molecule has 0 radical (unpaired) electrons. The van der Waals surface area contributed by atoms with Crippen LogP contribution in [0.1, 0.15) is 97.8 Å². The van der Waals surface area contributed by atoms with Crippen molar-refractivity contribution in [2.24, 2.45) is 0 Å². The van der Waals surface area contributed by atoms with Crippen LogP contribution in [0.3, 0.4) is 0 Å². The molecular weight excluding hydrogens is 296 g/mol. The predicted octanol–water partition coefficient (Wildman–Crippen LogP) is 7.20. The third-order valence-corrected chi connectivity index (χ3v) is 4.10. The van der Waals surface area contributed by atoms with Crippen molar-refractivity contribution in [1.29, 1.82) is 0 Å². The van der Waals surface area contributed by atoms with Gasteiger partial charge in [-0.2, -0.15) is 0 Å². The van der Waals surface area contributed by atoms with Gasteiger partial charge in [-0.1, -0.05) is 63.3 Å². The van der Waals surface area contributed by atoms with Crippen LogP contribution < -0.4 is 0 Å². The molecule has 0 aliphatic carbocycles. The number of ether oxygens (including phenoxy) is 2. The summed E-state index contributed by atoms with van der Waals surface area (Å²) in [5.74, 6) is 0. The molecule has 0 aliphatic rings. The fourth-order valence-electron chi connectivity index (χ4n) is 2.71. The second-order valence-corrected chi connectivity index (χ2v) is 6.36. The topological polar surface area (TPSA) is 18.5 Å². The fraction of sp³-hybridized carbons (Fsp3) is 0.818. The Bertz CT molecular complexity index is 278. The van der Waals surface area contributed by atoms with Gasteiger partial charge in [0.2, 0.25) is 0 Å². The first-order valence-electron chi connectivity index (χ1n) is 10.4. The molecule has 0 saturated carbocycles. The van der Waals surface area contributed by atoms with Crippen LogP contribution in [0.2, 0.25) is 0 Å². The van der Waals surface area contributed by atoms with Crippen LogP contribution in [0.25, 0.3) is 0 Å². The maximum absolute atomic E-state index is 5.56. The molecular formula is C22H42O2. The van der Waals surface area contributed by atoms with Gasteiger partial charge in [-0.05, 0) is 58.8 Å². The summed E-state index contributed by atoms with van der Waals surface area (Å²) in [5, 5.41) is 0. The van der Waals surface area contributed by atoms with E-state index in [-0.39, 0.29) is 6.29 Å². The summed E-state index contributed by atoms with van der Waals surface area (Å²) in [7, 11) is 0. The van der Waals surface area contributed by atoms with E-state index in [4.69, 9.17) is 9.47 Å². The molecule has 0 bridgehead atoms. The van der Waals surface area contributed by atoms with Crippen LogP contribution in [0.4, 0.5) is 0 Å². The number of allylic oxidation sites excluding steroid dienone is 4. The van der Waals surface area contributed by atoms with E-state index in [1.807, 2.05) is 13.8 Å². The highest BCUT2D eigenvalue weighted by molar-refractivity contribution is 4.92. The summed E-state index contributed by atoms with van der Waals surface area (Å²) in [4.78, 5) is 0. The molecule has 2 heteroatoms. The van der Waals surface area contributed by atoms with Gasteiger partial charge in [0.25, 0.3) is 0 Å². The van der Waals surface area contributed by atoms with Crippen LogP contribution in [0.15, 0.2) is 24.3 Å². The zero-order valence-corrected chi connectivity index (χ0v) is 16.6. The highest BCUT2D eigenvalue weighted by Crippen LogP contribution is 2.11. The van der Waals surface area contributed by atoms with Gasteiger partial charge >= 0.3 is 0 Å². The Balaban J connectivity index is 3.33. The van der Waals surface area contributed by atoms with E-state index in [0.717, 1.165) is 26.1 Å². The Morgan fingerprint density at radius 2 is 1.17 bits per heavy atom. The molecule has 24 heavy (non-hydrogen) atoms. The van der Waals surface area contributed by atoms with Gasteiger partial charge in [-0.15, -0.1) is 0 Å². The minimum atomic E-state index is 0.0120. The zero-order valence-electron chi connectivity index (χ0n) is 16.6. The summed E-state index contributed by atoms with van der Waals surface area (Å²) >= 11 is 0. The Morgan fingerprint density at radius 3 is 1.75 bits per heavy atom. The van der Waals surface area contributed by atoms with Crippen LogP contribution >= 0.6 is 0 Å². The van der Waals surface area contributed by atoms with Crippen LogP contribution in [-0.4, -0.2) is 19.5 Å². The lowest BCUT2D eigenvalue weighted by molar-refractivity contribution is -0.140. The third kappa shape index (κ3) is 17.7. The molecule has 0 aliphatic heterocycles. The third-order valence-electron chi connectivity index (χ3n) is 4.10. The second kappa shape index (κ2) is 20.4. The molecule has 0 aromatic rings. The monoisotopic (exact) mass is 338 g/mol. The van der Waals surface area contributed by atoms with E-state index >= 15 is 0 Å². The fourth-order valence-corrected chi connectivity index (χ4v) is 2.71. The van der Waals surface area contributed by atoms with Crippen LogP contribution in [-0.2, 0) is 9.47 Å². The maximum atomic E-state index is 5.56. The Morgan fingerprint density at radius 1 is 0.625 bits per heavy atom. The Labute approximate surface area is 151 Å². The van der Waals surface area contributed by atoms with Gasteiger partial charge in [0.15, 0.2) is 6.29 Å². The summed E-state index contributed by atoms with van der Waals surface area (Å²) in [6, 6.07) is 0. The molecule has 0 aromatic carbocycles. The van der Waals surface area contributed by atoms with E-state index in [0.29, 0.717) is 0 Å². The van der Waals surface area contributed by atoms with Crippen molar-refractivity contribution >= 4 is 0 Å². The summed E-state index contributed by atoms with van der Waals surface area (Å²) in [6.45, 7) is 7.80. The van der Waals surface area contributed by atoms with E-state index < -0.39 is 0 Å². The summed E-state index contributed by atoms with van der Waals surface area (Å²) < 4.78 is 11.1. The standard InChI is InChI=1S/C22H42O2/c1-4-7-8-9-10-11-12-13-14-15-16-17-18-19-20-21-22(23-5-2)24-6-3/h10-11,13-14,22H,4-9,12,15-21H2,1-3H3. The van der Waals surface area contributed by atoms with E-state index in [2.05, 4.69) is 31.2 Å². The highest BCUT2D eigenvalue weighted by atomic mass is 16.7. The number of rotatable bonds is 18. The Hall–Kier alpha value is -0.600. The smallest absolute Gasteiger partial charge is 0.157 e. The van der Waals surface area contributed by atoms with Crippen molar-refractivity contribution in [3.63, 3.8) is 0 Å². The molecule has 142 valence electrons. The number of hydrogen-bond donors (Lipinski definition) is 0. The normalized spacial score (nSPS) is 12.2. The minimum absolute atomic E-state index is 0.0120. The quantitative estimate of drug-likeness (QED) is 0.149. The van der Waals surface area contributed by atoms with Gasteiger partial charge in [0.05, 0.1) is 0 Å². The first-order valence-corrected chi connectivity index (χ1v) is 10.4. The van der Waals surface area contributed by atoms with Crippen molar-refractivity contribution in [2.45, 2.75) is 104 Å². The second-order valence-electron chi connectivity index (χ2n) is 6.36.